The summed E-state index contributed by atoms with van der Waals surface area (Å²) < 4.78 is 0. The fraction of sp³-hybridized carbons (Fsp3) is 0.208. The topological polar surface area (TPSA) is 70.7 Å². The van der Waals surface area contributed by atoms with E-state index in [2.05, 4.69) is 34.3 Å². The molecule has 0 radical (unpaired) electrons. The van der Waals surface area contributed by atoms with Gasteiger partial charge in [0, 0.05) is 11.8 Å². The fourth-order valence-corrected chi connectivity index (χ4v) is 4.37. The maximum atomic E-state index is 12.4. The zero-order chi connectivity index (χ0) is 20.7. The van der Waals surface area contributed by atoms with Crippen molar-refractivity contribution in [1.82, 2.24) is 15.0 Å². The maximum absolute atomic E-state index is 12.4. The van der Waals surface area contributed by atoms with Crippen LogP contribution in [0, 0.1) is 6.92 Å². The minimum atomic E-state index is -0.233. The van der Waals surface area contributed by atoms with E-state index in [1.807, 2.05) is 36.5 Å². The van der Waals surface area contributed by atoms with E-state index in [1.54, 1.807) is 12.1 Å². The van der Waals surface area contributed by atoms with Crippen LogP contribution in [0.4, 0.5) is 5.82 Å². The van der Waals surface area contributed by atoms with Crippen LogP contribution in [-0.4, -0.2) is 20.9 Å². The van der Waals surface area contributed by atoms with E-state index in [4.69, 9.17) is 16.6 Å². The Labute approximate surface area is 179 Å². The first-order chi connectivity index (χ1) is 14.6. The number of carbonyl (C=O) groups is 1. The van der Waals surface area contributed by atoms with Crippen molar-refractivity contribution < 1.29 is 4.79 Å². The Hall–Kier alpha value is -3.18. The third-order valence-corrected chi connectivity index (χ3v) is 6.32. The number of hydrogen-bond acceptors (Lipinski definition) is 3. The lowest BCUT2D eigenvalue weighted by atomic mass is 9.64. The lowest BCUT2D eigenvalue weighted by Crippen LogP contribution is -2.36. The molecule has 4 aromatic rings. The number of hydrogen-bond donors (Lipinski definition) is 2. The molecule has 2 heterocycles. The van der Waals surface area contributed by atoms with Crippen LogP contribution in [-0.2, 0) is 5.41 Å². The summed E-state index contributed by atoms with van der Waals surface area (Å²) in [6.07, 6.45) is 4.91. The monoisotopic (exact) mass is 416 g/mol. The van der Waals surface area contributed by atoms with Crippen molar-refractivity contribution in [3.8, 4) is 0 Å². The molecule has 1 aliphatic rings. The SMILES string of the molecule is Cc1cccc2[nH]c(C3(c4cnc(NC(=O)c5ccccc5)c(Cl)c4)CCC3)nc12. The molecule has 2 N–H and O–H groups in total. The molecule has 5 nitrogen and oxygen atoms in total. The van der Waals surface area contributed by atoms with Crippen molar-refractivity contribution in [3.63, 3.8) is 0 Å². The van der Waals surface area contributed by atoms with Crippen LogP contribution in [0.25, 0.3) is 11.0 Å². The number of aromatic nitrogens is 3. The smallest absolute Gasteiger partial charge is 0.256 e. The van der Waals surface area contributed by atoms with Gasteiger partial charge in [-0.3, -0.25) is 4.79 Å². The Morgan fingerprint density at radius 2 is 1.93 bits per heavy atom. The average molecular weight is 417 g/mol. The summed E-state index contributed by atoms with van der Waals surface area (Å²) in [7, 11) is 0. The number of halogens is 1. The van der Waals surface area contributed by atoms with Crippen molar-refractivity contribution in [2.45, 2.75) is 31.6 Å². The normalized spacial score (nSPS) is 15.0. The Morgan fingerprint density at radius 1 is 1.13 bits per heavy atom. The van der Waals surface area contributed by atoms with Crippen LogP contribution in [0.5, 0.6) is 0 Å². The second-order valence-corrected chi connectivity index (χ2v) is 8.27. The summed E-state index contributed by atoms with van der Waals surface area (Å²) in [6.45, 7) is 2.07. The van der Waals surface area contributed by atoms with Crippen molar-refractivity contribution in [3.05, 3.63) is 88.3 Å². The number of rotatable bonds is 4. The Kier molecular flexibility index (Phi) is 4.55. The van der Waals surface area contributed by atoms with Gasteiger partial charge in [-0.1, -0.05) is 48.4 Å². The molecule has 0 unspecified atom stereocenters. The maximum Gasteiger partial charge on any atom is 0.256 e. The molecule has 6 heteroatoms. The van der Waals surface area contributed by atoms with E-state index in [0.29, 0.717) is 16.4 Å². The molecule has 0 saturated heterocycles. The summed E-state index contributed by atoms with van der Waals surface area (Å²) in [4.78, 5) is 25.4. The molecule has 150 valence electrons. The van der Waals surface area contributed by atoms with E-state index in [0.717, 1.165) is 47.2 Å². The van der Waals surface area contributed by atoms with Gasteiger partial charge in [0.2, 0.25) is 0 Å². The molecule has 2 aromatic carbocycles. The molecule has 0 spiro atoms. The lowest BCUT2D eigenvalue weighted by Gasteiger charge is -2.40. The first kappa shape index (κ1) is 18.8. The molecule has 1 fully saturated rings. The number of pyridine rings is 1. The zero-order valence-corrected chi connectivity index (χ0v) is 17.3. The molecule has 1 aliphatic carbocycles. The number of imidazole rings is 1. The van der Waals surface area contributed by atoms with Crippen LogP contribution in [0.3, 0.4) is 0 Å². The average Bonchev–Trinajstić information content (AvgIpc) is 3.15. The van der Waals surface area contributed by atoms with Gasteiger partial charge in [-0.25, -0.2) is 9.97 Å². The Balaban J connectivity index is 1.47. The highest BCUT2D eigenvalue weighted by atomic mass is 35.5. The number of aromatic amines is 1. The quantitative estimate of drug-likeness (QED) is 0.452. The van der Waals surface area contributed by atoms with Crippen LogP contribution < -0.4 is 5.32 Å². The first-order valence-electron chi connectivity index (χ1n) is 10.0. The molecule has 0 bridgehead atoms. The predicted molar refractivity (Wildman–Crippen MR) is 119 cm³/mol. The van der Waals surface area contributed by atoms with E-state index in [1.165, 1.54) is 0 Å². The summed E-state index contributed by atoms with van der Waals surface area (Å²) in [5.41, 5.74) is 4.57. The van der Waals surface area contributed by atoms with Gasteiger partial charge >= 0.3 is 0 Å². The summed E-state index contributed by atoms with van der Waals surface area (Å²) in [5.74, 6) is 1.09. The number of anilines is 1. The number of para-hydroxylation sites is 1. The first-order valence-corrected chi connectivity index (χ1v) is 10.4. The van der Waals surface area contributed by atoms with Crippen molar-refractivity contribution in [1.29, 1.82) is 0 Å². The molecule has 1 saturated carbocycles. The minimum Gasteiger partial charge on any atom is -0.341 e. The summed E-state index contributed by atoms with van der Waals surface area (Å²) >= 11 is 6.53. The molecular formula is C24H21ClN4O. The van der Waals surface area contributed by atoms with Crippen LogP contribution >= 0.6 is 11.6 Å². The number of fused-ring (bicyclic) bond motifs is 1. The third kappa shape index (κ3) is 3.06. The molecule has 0 atom stereocenters. The Morgan fingerprint density at radius 3 is 2.60 bits per heavy atom. The van der Waals surface area contributed by atoms with E-state index in [9.17, 15) is 4.79 Å². The van der Waals surface area contributed by atoms with Crippen molar-refractivity contribution in [2.24, 2.45) is 0 Å². The molecule has 2 aromatic heterocycles. The number of benzene rings is 2. The number of amides is 1. The molecule has 1 amide bonds. The molecule has 5 rings (SSSR count). The van der Waals surface area contributed by atoms with Gasteiger partial charge < -0.3 is 10.3 Å². The molecular weight excluding hydrogens is 396 g/mol. The summed E-state index contributed by atoms with van der Waals surface area (Å²) in [5, 5.41) is 3.23. The van der Waals surface area contributed by atoms with Gasteiger partial charge in [-0.05, 0) is 55.2 Å². The second-order valence-electron chi connectivity index (χ2n) is 7.87. The zero-order valence-electron chi connectivity index (χ0n) is 16.6. The number of aryl methyl sites for hydroxylation is 1. The highest BCUT2D eigenvalue weighted by Gasteiger charge is 2.43. The van der Waals surface area contributed by atoms with Gasteiger partial charge in [-0.2, -0.15) is 0 Å². The number of carbonyl (C=O) groups excluding carboxylic acids is 1. The van der Waals surface area contributed by atoms with Gasteiger partial charge in [0.1, 0.15) is 5.82 Å². The summed E-state index contributed by atoms with van der Waals surface area (Å²) in [6, 6.07) is 17.1. The van der Waals surface area contributed by atoms with Crippen LogP contribution in [0.2, 0.25) is 5.02 Å². The fourth-order valence-electron chi connectivity index (χ4n) is 4.16. The second kappa shape index (κ2) is 7.26. The predicted octanol–water partition coefficient (Wildman–Crippen LogP) is 5.64. The third-order valence-electron chi connectivity index (χ3n) is 6.04. The van der Waals surface area contributed by atoms with E-state index < -0.39 is 0 Å². The largest absolute Gasteiger partial charge is 0.341 e. The lowest BCUT2D eigenvalue weighted by molar-refractivity contribution is 0.102. The van der Waals surface area contributed by atoms with Gasteiger partial charge in [0.15, 0.2) is 5.82 Å². The van der Waals surface area contributed by atoms with E-state index in [-0.39, 0.29) is 11.3 Å². The Bertz CT molecular complexity index is 1240. The van der Waals surface area contributed by atoms with Crippen molar-refractivity contribution in [2.75, 3.05) is 5.32 Å². The van der Waals surface area contributed by atoms with Gasteiger partial charge in [-0.15, -0.1) is 0 Å². The van der Waals surface area contributed by atoms with E-state index >= 15 is 0 Å². The standard InChI is InChI=1S/C24H21ClN4O/c1-15-7-5-10-19-20(15)28-23(27-19)24(11-6-12-24)17-13-18(25)21(26-14-17)29-22(30)16-8-3-2-4-9-16/h2-5,7-10,13-14H,6,11-12H2,1H3,(H,27,28)(H,26,29,30). The minimum absolute atomic E-state index is 0.218. The number of nitrogens with zero attached hydrogens (tertiary/aromatic N) is 2. The number of nitrogens with one attached hydrogen (secondary N) is 2. The van der Waals surface area contributed by atoms with Crippen LogP contribution in [0.15, 0.2) is 60.8 Å². The van der Waals surface area contributed by atoms with Gasteiger partial charge in [0.05, 0.1) is 21.5 Å². The number of H-pyrrole nitrogens is 1. The highest BCUT2D eigenvalue weighted by Crippen LogP contribution is 2.49. The van der Waals surface area contributed by atoms with Crippen LogP contribution in [0.1, 0.15) is 46.6 Å². The van der Waals surface area contributed by atoms with Gasteiger partial charge in [0.25, 0.3) is 5.91 Å². The molecule has 0 aliphatic heterocycles. The highest BCUT2D eigenvalue weighted by molar-refractivity contribution is 6.33. The van der Waals surface area contributed by atoms with Crippen molar-refractivity contribution >= 4 is 34.4 Å². The molecule has 30 heavy (non-hydrogen) atoms.